The summed E-state index contributed by atoms with van der Waals surface area (Å²) in [7, 11) is 0. The van der Waals surface area contributed by atoms with E-state index in [2.05, 4.69) is 20.1 Å². The zero-order valence-electron chi connectivity index (χ0n) is 12.1. The highest BCUT2D eigenvalue weighted by molar-refractivity contribution is 7.80. The van der Waals surface area contributed by atoms with E-state index in [0.29, 0.717) is 5.11 Å². The Hall–Kier alpha value is -2.21. The normalized spacial score (nSPS) is 14.8. The Balaban J connectivity index is 1.54. The summed E-state index contributed by atoms with van der Waals surface area (Å²) in [6.45, 7) is 3.43. The molecule has 0 aliphatic carbocycles. The van der Waals surface area contributed by atoms with Crippen LogP contribution in [0.15, 0.2) is 48.7 Å². The fraction of sp³-hybridized carbons (Fsp3) is 0.250. The third-order valence-corrected chi connectivity index (χ3v) is 4.00. The Morgan fingerprint density at radius 1 is 1.05 bits per heavy atom. The van der Waals surface area contributed by atoms with Crippen molar-refractivity contribution in [3.8, 4) is 0 Å². The minimum atomic E-state index is -0.250. The highest BCUT2D eigenvalue weighted by Crippen LogP contribution is 2.14. The number of aromatic nitrogens is 1. The second-order valence-corrected chi connectivity index (χ2v) is 5.49. The Morgan fingerprint density at radius 3 is 2.41 bits per heavy atom. The first-order chi connectivity index (χ1) is 10.7. The van der Waals surface area contributed by atoms with Crippen molar-refractivity contribution < 1.29 is 4.39 Å². The van der Waals surface area contributed by atoms with E-state index in [0.717, 1.165) is 37.7 Å². The van der Waals surface area contributed by atoms with Gasteiger partial charge in [-0.25, -0.2) is 9.37 Å². The van der Waals surface area contributed by atoms with Gasteiger partial charge in [-0.05, 0) is 48.6 Å². The second kappa shape index (κ2) is 6.70. The van der Waals surface area contributed by atoms with E-state index in [9.17, 15) is 4.39 Å². The van der Waals surface area contributed by atoms with Crippen LogP contribution in [0.5, 0.6) is 0 Å². The van der Waals surface area contributed by atoms with Gasteiger partial charge in [0.1, 0.15) is 11.6 Å². The van der Waals surface area contributed by atoms with Crippen molar-refractivity contribution >= 4 is 28.8 Å². The highest BCUT2D eigenvalue weighted by atomic mass is 32.1. The zero-order chi connectivity index (χ0) is 15.4. The molecule has 114 valence electrons. The Labute approximate surface area is 134 Å². The van der Waals surface area contributed by atoms with Gasteiger partial charge in [0.15, 0.2) is 5.11 Å². The maximum atomic E-state index is 12.9. The molecular weight excluding hydrogens is 299 g/mol. The van der Waals surface area contributed by atoms with Crippen LogP contribution in [0.3, 0.4) is 0 Å². The number of nitrogens with one attached hydrogen (secondary N) is 1. The molecule has 22 heavy (non-hydrogen) atoms. The Morgan fingerprint density at radius 2 is 1.77 bits per heavy atom. The molecule has 1 aliphatic rings. The molecule has 4 nitrogen and oxygen atoms in total. The van der Waals surface area contributed by atoms with E-state index < -0.39 is 0 Å². The number of nitrogens with zero attached hydrogens (tertiary/aromatic N) is 3. The molecule has 2 heterocycles. The molecule has 0 unspecified atom stereocenters. The van der Waals surface area contributed by atoms with Crippen LogP contribution >= 0.6 is 12.2 Å². The lowest BCUT2D eigenvalue weighted by molar-refractivity contribution is 0.389. The van der Waals surface area contributed by atoms with Gasteiger partial charge in [0.2, 0.25) is 0 Å². The van der Waals surface area contributed by atoms with Gasteiger partial charge in [0.25, 0.3) is 0 Å². The van der Waals surface area contributed by atoms with Gasteiger partial charge in [0.05, 0.1) is 0 Å². The molecule has 0 bridgehead atoms. The van der Waals surface area contributed by atoms with Crippen molar-refractivity contribution in [2.75, 3.05) is 36.4 Å². The SMILES string of the molecule is Fc1ccc(NC(=S)N2CCN(c3ccccn3)CC2)cc1. The summed E-state index contributed by atoms with van der Waals surface area (Å²) in [4.78, 5) is 8.74. The third kappa shape index (κ3) is 3.51. The van der Waals surface area contributed by atoms with Crippen LogP contribution in [-0.4, -0.2) is 41.2 Å². The summed E-state index contributed by atoms with van der Waals surface area (Å²) in [5.41, 5.74) is 0.804. The summed E-state index contributed by atoms with van der Waals surface area (Å²) in [5, 5.41) is 3.82. The lowest BCUT2D eigenvalue weighted by atomic mass is 10.3. The largest absolute Gasteiger partial charge is 0.353 e. The van der Waals surface area contributed by atoms with Gasteiger partial charge < -0.3 is 15.1 Å². The van der Waals surface area contributed by atoms with Crippen molar-refractivity contribution in [2.24, 2.45) is 0 Å². The lowest BCUT2D eigenvalue weighted by Gasteiger charge is -2.36. The van der Waals surface area contributed by atoms with E-state index in [1.165, 1.54) is 12.1 Å². The van der Waals surface area contributed by atoms with E-state index >= 15 is 0 Å². The smallest absolute Gasteiger partial charge is 0.173 e. The maximum Gasteiger partial charge on any atom is 0.173 e. The monoisotopic (exact) mass is 316 g/mol. The standard InChI is InChI=1S/C16H17FN4S/c17-13-4-6-14(7-5-13)19-16(22)21-11-9-20(10-12-21)15-3-1-2-8-18-15/h1-8H,9-12H2,(H,19,22). The molecule has 0 radical (unpaired) electrons. The van der Waals surface area contributed by atoms with E-state index in [4.69, 9.17) is 12.2 Å². The quantitative estimate of drug-likeness (QED) is 0.861. The molecule has 1 aromatic heterocycles. The minimum Gasteiger partial charge on any atom is -0.353 e. The molecule has 6 heteroatoms. The summed E-state index contributed by atoms with van der Waals surface area (Å²) in [6, 6.07) is 12.1. The molecule has 0 amide bonds. The number of hydrogen-bond acceptors (Lipinski definition) is 3. The number of rotatable bonds is 2. The van der Waals surface area contributed by atoms with Gasteiger partial charge >= 0.3 is 0 Å². The first-order valence-electron chi connectivity index (χ1n) is 7.20. The Kier molecular flexibility index (Phi) is 4.48. The number of benzene rings is 1. The number of hydrogen-bond donors (Lipinski definition) is 1. The molecule has 1 aromatic carbocycles. The zero-order valence-corrected chi connectivity index (χ0v) is 12.9. The van der Waals surface area contributed by atoms with Crippen molar-refractivity contribution in [2.45, 2.75) is 0 Å². The highest BCUT2D eigenvalue weighted by Gasteiger charge is 2.19. The molecule has 2 aromatic rings. The number of pyridine rings is 1. The molecule has 1 N–H and O–H groups in total. The van der Waals surface area contributed by atoms with Crippen LogP contribution < -0.4 is 10.2 Å². The predicted octanol–water partition coefficient (Wildman–Crippen LogP) is 2.74. The predicted molar refractivity (Wildman–Crippen MR) is 90.6 cm³/mol. The number of piperazine rings is 1. The fourth-order valence-corrected chi connectivity index (χ4v) is 2.72. The maximum absolute atomic E-state index is 12.9. The van der Waals surface area contributed by atoms with E-state index in [-0.39, 0.29) is 5.82 Å². The molecular formula is C16H17FN4S. The number of halogens is 1. The first-order valence-corrected chi connectivity index (χ1v) is 7.61. The van der Waals surface area contributed by atoms with E-state index in [1.807, 2.05) is 24.4 Å². The van der Waals surface area contributed by atoms with Crippen LogP contribution in [-0.2, 0) is 0 Å². The molecule has 3 rings (SSSR count). The van der Waals surface area contributed by atoms with Gasteiger partial charge in [-0.1, -0.05) is 6.07 Å². The van der Waals surface area contributed by atoms with Gasteiger partial charge in [-0.15, -0.1) is 0 Å². The average Bonchev–Trinajstić information content (AvgIpc) is 2.58. The second-order valence-electron chi connectivity index (χ2n) is 5.10. The number of anilines is 2. The van der Waals surface area contributed by atoms with Crippen LogP contribution in [0, 0.1) is 5.82 Å². The molecule has 0 spiro atoms. The third-order valence-electron chi connectivity index (χ3n) is 3.64. The van der Waals surface area contributed by atoms with Crippen molar-refractivity contribution in [1.29, 1.82) is 0 Å². The summed E-state index contributed by atoms with van der Waals surface area (Å²) in [5.74, 6) is 0.750. The van der Waals surface area contributed by atoms with Crippen molar-refractivity contribution in [1.82, 2.24) is 9.88 Å². The average molecular weight is 316 g/mol. The molecule has 1 aliphatic heterocycles. The summed E-state index contributed by atoms with van der Waals surface area (Å²) in [6.07, 6.45) is 1.81. The molecule has 1 saturated heterocycles. The summed E-state index contributed by atoms with van der Waals surface area (Å²) < 4.78 is 12.9. The van der Waals surface area contributed by atoms with Crippen LogP contribution in [0.2, 0.25) is 0 Å². The van der Waals surface area contributed by atoms with Crippen LogP contribution in [0.4, 0.5) is 15.9 Å². The fourth-order valence-electron chi connectivity index (χ4n) is 2.42. The molecule has 0 atom stereocenters. The van der Waals surface area contributed by atoms with Crippen molar-refractivity contribution in [3.05, 3.63) is 54.5 Å². The van der Waals surface area contributed by atoms with Gasteiger partial charge in [-0.3, -0.25) is 0 Å². The van der Waals surface area contributed by atoms with Gasteiger partial charge in [-0.2, -0.15) is 0 Å². The first kappa shape index (κ1) is 14.7. The van der Waals surface area contributed by atoms with Gasteiger partial charge in [0, 0.05) is 38.1 Å². The minimum absolute atomic E-state index is 0.250. The topological polar surface area (TPSA) is 31.4 Å². The molecule has 0 saturated carbocycles. The van der Waals surface area contributed by atoms with Crippen molar-refractivity contribution in [3.63, 3.8) is 0 Å². The molecule has 1 fully saturated rings. The lowest BCUT2D eigenvalue weighted by Crippen LogP contribution is -2.50. The Bertz CT molecular complexity index is 624. The van der Waals surface area contributed by atoms with Crippen LogP contribution in [0.25, 0.3) is 0 Å². The van der Waals surface area contributed by atoms with Crippen LogP contribution in [0.1, 0.15) is 0 Å². The van der Waals surface area contributed by atoms with E-state index in [1.54, 1.807) is 12.1 Å². The number of thiocarbonyl (C=S) groups is 1. The summed E-state index contributed by atoms with van der Waals surface area (Å²) >= 11 is 5.43.